The van der Waals surface area contributed by atoms with Crippen LogP contribution in [0.15, 0.2) is 29.2 Å². The summed E-state index contributed by atoms with van der Waals surface area (Å²) < 4.78 is 26.8. The summed E-state index contributed by atoms with van der Waals surface area (Å²) in [6.45, 7) is 3.26. The molecule has 1 unspecified atom stereocenters. The minimum atomic E-state index is -3.95. The van der Waals surface area contributed by atoms with Crippen LogP contribution in [0.1, 0.15) is 29.6 Å². The number of carbonyl (C=O) groups excluding carboxylic acids is 1. The number of nitrogens with zero attached hydrogens (tertiary/aromatic N) is 2. The van der Waals surface area contributed by atoms with Gasteiger partial charge >= 0.3 is 0 Å². The molecule has 2 N–H and O–H groups in total. The van der Waals surface area contributed by atoms with Crippen LogP contribution in [0.2, 0.25) is 0 Å². The fourth-order valence-corrected chi connectivity index (χ4v) is 4.90. The van der Waals surface area contributed by atoms with Crippen molar-refractivity contribution in [3.63, 3.8) is 0 Å². The molecule has 0 bridgehead atoms. The highest BCUT2D eigenvalue weighted by molar-refractivity contribution is 7.89. The van der Waals surface area contributed by atoms with E-state index in [1.54, 1.807) is 12.1 Å². The van der Waals surface area contributed by atoms with Crippen molar-refractivity contribution < 1.29 is 18.0 Å². The van der Waals surface area contributed by atoms with Crippen molar-refractivity contribution >= 4 is 15.9 Å². The average molecular weight is 367 g/mol. The van der Waals surface area contributed by atoms with Crippen molar-refractivity contribution in [2.75, 3.05) is 33.3 Å². The number of benzene rings is 1. The molecule has 1 aliphatic heterocycles. The Morgan fingerprint density at radius 2 is 2.00 bits per heavy atom. The molecule has 1 aromatic rings. The zero-order valence-corrected chi connectivity index (χ0v) is 15.2. The molecular weight excluding hydrogens is 342 g/mol. The first kappa shape index (κ1) is 18.3. The lowest BCUT2D eigenvalue weighted by Crippen LogP contribution is -2.36. The molecule has 1 aromatic carbocycles. The van der Waals surface area contributed by atoms with Crippen molar-refractivity contribution in [2.45, 2.75) is 24.2 Å². The van der Waals surface area contributed by atoms with Gasteiger partial charge in [-0.2, -0.15) is 0 Å². The number of hydrogen-bond acceptors (Lipinski definition) is 5. The van der Waals surface area contributed by atoms with Gasteiger partial charge in [-0.15, -0.1) is 0 Å². The van der Waals surface area contributed by atoms with Gasteiger partial charge in [0.25, 0.3) is 10.0 Å². The minimum absolute atomic E-state index is 0.0219. The molecule has 3 rings (SSSR count). The first-order valence-corrected chi connectivity index (χ1v) is 10.0. The average Bonchev–Trinajstić information content (AvgIpc) is 3.29. The minimum Gasteiger partial charge on any atom is -0.366 e. The zero-order chi connectivity index (χ0) is 18.0. The second-order valence-corrected chi connectivity index (χ2v) is 8.69. The fraction of sp³-hybridized carbons (Fsp3) is 0.588. The highest BCUT2D eigenvalue weighted by Crippen LogP contribution is 2.32. The molecular formula is C17H25N3O4S. The van der Waals surface area contributed by atoms with E-state index >= 15 is 0 Å². The molecule has 0 aromatic heterocycles. The van der Waals surface area contributed by atoms with Gasteiger partial charge < -0.3 is 10.6 Å². The Bertz CT molecular complexity index is 733. The van der Waals surface area contributed by atoms with Crippen LogP contribution < -0.4 is 5.73 Å². The Balaban J connectivity index is 1.72. The normalized spacial score (nSPS) is 21.8. The van der Waals surface area contributed by atoms with E-state index in [9.17, 15) is 13.2 Å². The maximum Gasteiger partial charge on any atom is 0.265 e. The van der Waals surface area contributed by atoms with E-state index < -0.39 is 15.9 Å². The molecule has 1 saturated heterocycles. The SMILES string of the molecule is CON(CC1CCN(CC2CC2)C1)S(=O)(=O)c1ccccc1C(N)=O. The van der Waals surface area contributed by atoms with Crippen LogP contribution in [0.25, 0.3) is 0 Å². The quantitative estimate of drug-likeness (QED) is 0.694. The molecule has 0 radical (unpaired) electrons. The van der Waals surface area contributed by atoms with E-state index in [2.05, 4.69) is 4.90 Å². The second-order valence-electron chi connectivity index (χ2n) is 6.89. The number of primary amides is 1. The third-order valence-electron chi connectivity index (χ3n) is 4.89. The number of carbonyl (C=O) groups is 1. The summed E-state index contributed by atoms with van der Waals surface area (Å²) >= 11 is 0. The molecule has 1 atom stereocenters. The first-order valence-electron chi connectivity index (χ1n) is 8.60. The summed E-state index contributed by atoms with van der Waals surface area (Å²) in [4.78, 5) is 19.0. The van der Waals surface area contributed by atoms with Crippen molar-refractivity contribution in [1.29, 1.82) is 0 Å². The molecule has 1 heterocycles. The number of rotatable bonds is 8. The Morgan fingerprint density at radius 3 is 2.64 bits per heavy atom. The number of hydrogen-bond donors (Lipinski definition) is 1. The lowest BCUT2D eigenvalue weighted by Gasteiger charge is -2.23. The molecule has 2 aliphatic rings. The van der Waals surface area contributed by atoms with Crippen LogP contribution >= 0.6 is 0 Å². The van der Waals surface area contributed by atoms with E-state index in [1.165, 1.54) is 32.1 Å². The molecule has 1 aliphatic carbocycles. The van der Waals surface area contributed by atoms with Crippen molar-refractivity contribution in [2.24, 2.45) is 17.6 Å². The highest BCUT2D eigenvalue weighted by Gasteiger charge is 2.34. The Morgan fingerprint density at radius 1 is 1.28 bits per heavy atom. The van der Waals surface area contributed by atoms with Gasteiger partial charge in [0.15, 0.2) is 0 Å². The van der Waals surface area contributed by atoms with Crippen molar-refractivity contribution in [3.05, 3.63) is 29.8 Å². The first-order chi connectivity index (χ1) is 11.9. The van der Waals surface area contributed by atoms with E-state index in [-0.39, 0.29) is 22.9 Å². The topological polar surface area (TPSA) is 92.9 Å². The zero-order valence-electron chi connectivity index (χ0n) is 14.4. The number of nitrogens with two attached hydrogens (primary N) is 1. The van der Waals surface area contributed by atoms with Gasteiger partial charge in [-0.25, -0.2) is 8.42 Å². The van der Waals surface area contributed by atoms with Gasteiger partial charge in [0.2, 0.25) is 5.91 Å². The summed E-state index contributed by atoms with van der Waals surface area (Å²) in [6.07, 6.45) is 3.56. The maximum atomic E-state index is 12.9. The monoisotopic (exact) mass is 367 g/mol. The highest BCUT2D eigenvalue weighted by atomic mass is 32.2. The lowest BCUT2D eigenvalue weighted by atomic mass is 10.1. The predicted molar refractivity (Wildman–Crippen MR) is 93.1 cm³/mol. The molecule has 2 fully saturated rings. The Labute approximate surface area is 148 Å². The van der Waals surface area contributed by atoms with E-state index in [1.807, 2.05) is 0 Å². The van der Waals surface area contributed by atoms with Crippen molar-refractivity contribution in [1.82, 2.24) is 9.37 Å². The van der Waals surface area contributed by atoms with Crippen LogP contribution in [-0.2, 0) is 14.9 Å². The lowest BCUT2D eigenvalue weighted by molar-refractivity contribution is -0.0577. The molecule has 8 heteroatoms. The van der Waals surface area contributed by atoms with E-state index in [0.29, 0.717) is 0 Å². The van der Waals surface area contributed by atoms with Crippen LogP contribution in [0.3, 0.4) is 0 Å². The van der Waals surface area contributed by atoms with Crippen LogP contribution in [0, 0.1) is 11.8 Å². The van der Waals surface area contributed by atoms with Crippen LogP contribution in [-0.4, -0.2) is 57.0 Å². The van der Waals surface area contributed by atoms with Gasteiger partial charge in [-0.3, -0.25) is 9.63 Å². The standard InChI is InChI=1S/C17H25N3O4S/c1-24-20(12-14-8-9-19(11-14)10-13-6-7-13)25(22,23)16-5-3-2-4-15(16)17(18)21/h2-5,13-14H,6-12H2,1H3,(H2,18,21). The van der Waals surface area contributed by atoms with Gasteiger partial charge in [-0.1, -0.05) is 16.6 Å². The number of hydroxylamine groups is 1. The third-order valence-corrected chi connectivity index (χ3v) is 6.64. The number of likely N-dealkylation sites (tertiary alicyclic amines) is 1. The molecule has 1 amide bonds. The number of sulfonamides is 1. The van der Waals surface area contributed by atoms with Gasteiger partial charge in [0, 0.05) is 19.6 Å². The molecule has 25 heavy (non-hydrogen) atoms. The summed E-state index contributed by atoms with van der Waals surface area (Å²) in [7, 11) is -2.62. The summed E-state index contributed by atoms with van der Waals surface area (Å²) in [6, 6.07) is 5.95. The van der Waals surface area contributed by atoms with Crippen LogP contribution in [0.4, 0.5) is 0 Å². The maximum absolute atomic E-state index is 12.9. The smallest absolute Gasteiger partial charge is 0.265 e. The Kier molecular flexibility index (Phi) is 5.43. The van der Waals surface area contributed by atoms with Gasteiger partial charge in [-0.05, 0) is 49.8 Å². The number of amides is 1. The molecule has 0 spiro atoms. The van der Waals surface area contributed by atoms with Crippen LogP contribution in [0.5, 0.6) is 0 Å². The summed E-state index contributed by atoms with van der Waals surface area (Å²) in [5.74, 6) is 0.268. The second kappa shape index (κ2) is 7.41. The molecule has 138 valence electrons. The fourth-order valence-electron chi connectivity index (χ4n) is 3.38. The van der Waals surface area contributed by atoms with Gasteiger partial charge in [0.05, 0.1) is 17.6 Å². The predicted octanol–water partition coefficient (Wildman–Crippen LogP) is 1.07. The summed E-state index contributed by atoms with van der Waals surface area (Å²) in [5.41, 5.74) is 5.30. The molecule has 7 nitrogen and oxygen atoms in total. The van der Waals surface area contributed by atoms with E-state index in [4.69, 9.17) is 10.6 Å². The molecule has 1 saturated carbocycles. The Hall–Kier alpha value is -1.48. The van der Waals surface area contributed by atoms with Gasteiger partial charge in [0.1, 0.15) is 0 Å². The van der Waals surface area contributed by atoms with E-state index in [0.717, 1.165) is 36.4 Å². The third kappa shape index (κ3) is 4.20. The summed E-state index contributed by atoms with van der Waals surface area (Å²) in [5, 5.41) is 0. The van der Waals surface area contributed by atoms with Crippen molar-refractivity contribution in [3.8, 4) is 0 Å². The largest absolute Gasteiger partial charge is 0.366 e.